The molecule has 0 saturated heterocycles. The van der Waals surface area contributed by atoms with Crippen LogP contribution in [0.4, 0.5) is 5.69 Å². The van der Waals surface area contributed by atoms with Crippen molar-refractivity contribution in [3.63, 3.8) is 0 Å². The number of carbonyl (C=O) groups excluding carboxylic acids is 1. The van der Waals surface area contributed by atoms with Gasteiger partial charge >= 0.3 is 0 Å². The number of carbonyl (C=O) groups is 1. The van der Waals surface area contributed by atoms with Crippen molar-refractivity contribution in [3.05, 3.63) is 51.7 Å². The number of amides is 1. The monoisotopic (exact) mass is 310 g/mol. The van der Waals surface area contributed by atoms with Crippen LogP contribution in [-0.4, -0.2) is 5.91 Å². The topological polar surface area (TPSA) is 55.1 Å². The number of thiophene rings is 1. The summed E-state index contributed by atoms with van der Waals surface area (Å²) >= 11 is 1.75. The van der Waals surface area contributed by atoms with E-state index in [0.29, 0.717) is 13.0 Å². The summed E-state index contributed by atoms with van der Waals surface area (Å²) in [5, 5.41) is 2.94. The maximum atomic E-state index is 11.8. The molecule has 1 heterocycles. The normalized spacial score (nSPS) is 9.85. The van der Waals surface area contributed by atoms with E-state index in [-0.39, 0.29) is 18.3 Å². The maximum Gasteiger partial charge on any atom is 0.224 e. The lowest BCUT2D eigenvalue weighted by Gasteiger charge is -2.04. The lowest BCUT2D eigenvalue weighted by Crippen LogP contribution is -2.24. The second-order valence-corrected chi connectivity index (χ2v) is 5.67. The van der Waals surface area contributed by atoms with Crippen molar-refractivity contribution >= 4 is 35.3 Å². The highest BCUT2D eigenvalue weighted by Crippen LogP contribution is 2.16. The average Bonchev–Trinajstić information content (AvgIpc) is 2.87. The van der Waals surface area contributed by atoms with E-state index in [2.05, 4.69) is 24.4 Å². The van der Waals surface area contributed by atoms with E-state index in [9.17, 15) is 4.79 Å². The second-order valence-electron chi connectivity index (χ2n) is 4.42. The minimum absolute atomic E-state index is 0. The first-order valence-corrected chi connectivity index (χ1v) is 7.17. The van der Waals surface area contributed by atoms with Gasteiger partial charge in [0.15, 0.2) is 0 Å². The minimum atomic E-state index is 0. The molecule has 0 spiro atoms. The van der Waals surface area contributed by atoms with Crippen molar-refractivity contribution in [2.24, 2.45) is 0 Å². The Morgan fingerprint density at radius 1 is 1.15 bits per heavy atom. The molecular formula is C15H19ClN2OS. The van der Waals surface area contributed by atoms with Crippen LogP contribution < -0.4 is 11.1 Å². The lowest BCUT2D eigenvalue weighted by atomic mass is 10.1. The molecule has 0 unspecified atom stereocenters. The zero-order valence-electron chi connectivity index (χ0n) is 11.4. The molecule has 2 rings (SSSR count). The summed E-state index contributed by atoms with van der Waals surface area (Å²) in [6.45, 7) is 2.74. The number of rotatable bonds is 5. The number of anilines is 1. The standard InChI is InChI=1S/C15H18N2OS.ClH/c1-2-13-7-8-14(19-13)10-17-15(18)9-11-3-5-12(16)6-4-11;/h3-8H,2,9-10,16H2,1H3,(H,17,18);1H. The average molecular weight is 311 g/mol. The third kappa shape index (κ3) is 4.87. The molecule has 108 valence electrons. The highest BCUT2D eigenvalue weighted by Gasteiger charge is 2.04. The van der Waals surface area contributed by atoms with Gasteiger partial charge < -0.3 is 11.1 Å². The zero-order chi connectivity index (χ0) is 13.7. The van der Waals surface area contributed by atoms with Gasteiger partial charge in [-0.2, -0.15) is 0 Å². The quantitative estimate of drug-likeness (QED) is 0.833. The number of hydrogen-bond donors (Lipinski definition) is 2. The van der Waals surface area contributed by atoms with Crippen molar-refractivity contribution < 1.29 is 4.79 Å². The van der Waals surface area contributed by atoms with Crippen LogP contribution in [-0.2, 0) is 24.2 Å². The number of nitrogen functional groups attached to an aromatic ring is 1. The van der Waals surface area contributed by atoms with E-state index < -0.39 is 0 Å². The summed E-state index contributed by atoms with van der Waals surface area (Å²) in [6.07, 6.45) is 1.44. The Bertz CT molecular complexity index is 551. The molecule has 0 aliphatic carbocycles. The van der Waals surface area contributed by atoms with Crippen molar-refractivity contribution in [2.45, 2.75) is 26.3 Å². The Morgan fingerprint density at radius 3 is 2.40 bits per heavy atom. The molecule has 3 nitrogen and oxygen atoms in total. The summed E-state index contributed by atoms with van der Waals surface area (Å²) in [7, 11) is 0. The number of hydrogen-bond acceptors (Lipinski definition) is 3. The summed E-state index contributed by atoms with van der Waals surface area (Å²) in [5.74, 6) is 0.0382. The van der Waals surface area contributed by atoms with Crippen LogP contribution in [0.3, 0.4) is 0 Å². The summed E-state index contributed by atoms with van der Waals surface area (Å²) in [5.41, 5.74) is 7.30. The van der Waals surface area contributed by atoms with Crippen LogP contribution in [0.25, 0.3) is 0 Å². The van der Waals surface area contributed by atoms with E-state index in [0.717, 1.165) is 17.7 Å². The molecule has 0 fully saturated rings. The molecule has 1 aromatic heterocycles. The first-order valence-electron chi connectivity index (χ1n) is 6.36. The third-order valence-corrected chi connectivity index (χ3v) is 4.10. The first kappa shape index (κ1) is 16.5. The van der Waals surface area contributed by atoms with Gasteiger partial charge in [0.05, 0.1) is 13.0 Å². The summed E-state index contributed by atoms with van der Waals surface area (Å²) in [6, 6.07) is 11.6. The minimum Gasteiger partial charge on any atom is -0.399 e. The summed E-state index contributed by atoms with van der Waals surface area (Å²) < 4.78 is 0. The SMILES string of the molecule is CCc1ccc(CNC(=O)Cc2ccc(N)cc2)s1.Cl. The Labute approximate surface area is 129 Å². The van der Waals surface area contributed by atoms with Crippen LogP contribution in [0.1, 0.15) is 22.2 Å². The van der Waals surface area contributed by atoms with E-state index in [4.69, 9.17) is 5.73 Å². The number of benzene rings is 1. The van der Waals surface area contributed by atoms with Crippen molar-refractivity contribution in [1.82, 2.24) is 5.32 Å². The predicted molar refractivity (Wildman–Crippen MR) is 87.4 cm³/mol. The molecular weight excluding hydrogens is 292 g/mol. The molecule has 0 aliphatic rings. The lowest BCUT2D eigenvalue weighted by molar-refractivity contribution is -0.120. The molecule has 0 atom stereocenters. The van der Waals surface area contributed by atoms with Gasteiger partial charge in [-0.15, -0.1) is 23.7 Å². The maximum absolute atomic E-state index is 11.8. The summed E-state index contributed by atoms with van der Waals surface area (Å²) in [4.78, 5) is 14.4. The third-order valence-electron chi connectivity index (χ3n) is 2.87. The molecule has 0 bridgehead atoms. The smallest absolute Gasteiger partial charge is 0.224 e. The first-order chi connectivity index (χ1) is 9.17. The Balaban J connectivity index is 0.00000200. The van der Waals surface area contributed by atoms with Gasteiger partial charge in [-0.1, -0.05) is 19.1 Å². The van der Waals surface area contributed by atoms with Gasteiger partial charge in [0, 0.05) is 15.4 Å². The van der Waals surface area contributed by atoms with E-state index in [1.807, 2.05) is 24.3 Å². The highest BCUT2D eigenvalue weighted by atomic mass is 35.5. The molecule has 2 aromatic rings. The van der Waals surface area contributed by atoms with Gasteiger partial charge in [0.25, 0.3) is 0 Å². The van der Waals surface area contributed by atoms with Gasteiger partial charge in [-0.25, -0.2) is 0 Å². The van der Waals surface area contributed by atoms with Gasteiger partial charge in [-0.3, -0.25) is 4.79 Å². The molecule has 5 heteroatoms. The number of aryl methyl sites for hydroxylation is 1. The number of halogens is 1. The molecule has 0 saturated carbocycles. The highest BCUT2D eigenvalue weighted by molar-refractivity contribution is 7.11. The van der Waals surface area contributed by atoms with E-state index in [1.165, 1.54) is 9.75 Å². The Morgan fingerprint density at radius 2 is 1.80 bits per heavy atom. The fraction of sp³-hybridized carbons (Fsp3) is 0.267. The fourth-order valence-corrected chi connectivity index (χ4v) is 2.67. The van der Waals surface area contributed by atoms with Crippen LogP contribution >= 0.6 is 23.7 Å². The molecule has 0 radical (unpaired) electrons. The number of nitrogens with two attached hydrogens (primary N) is 1. The van der Waals surface area contributed by atoms with Crippen LogP contribution in [0, 0.1) is 0 Å². The van der Waals surface area contributed by atoms with Gasteiger partial charge in [0.1, 0.15) is 0 Å². The predicted octanol–water partition coefficient (Wildman–Crippen LogP) is 3.17. The van der Waals surface area contributed by atoms with Crippen molar-refractivity contribution in [3.8, 4) is 0 Å². The Hall–Kier alpha value is -1.52. The second kappa shape index (κ2) is 7.92. The van der Waals surface area contributed by atoms with Crippen molar-refractivity contribution in [2.75, 3.05) is 5.73 Å². The van der Waals surface area contributed by atoms with Gasteiger partial charge in [0.2, 0.25) is 5.91 Å². The van der Waals surface area contributed by atoms with E-state index >= 15 is 0 Å². The van der Waals surface area contributed by atoms with Crippen molar-refractivity contribution in [1.29, 1.82) is 0 Å². The van der Waals surface area contributed by atoms with E-state index in [1.54, 1.807) is 11.3 Å². The molecule has 20 heavy (non-hydrogen) atoms. The van der Waals surface area contributed by atoms with Crippen LogP contribution in [0.15, 0.2) is 36.4 Å². The largest absolute Gasteiger partial charge is 0.399 e. The van der Waals surface area contributed by atoms with Crippen LogP contribution in [0.2, 0.25) is 0 Å². The van der Waals surface area contributed by atoms with Gasteiger partial charge in [-0.05, 0) is 36.2 Å². The zero-order valence-corrected chi connectivity index (χ0v) is 13.0. The number of nitrogens with one attached hydrogen (secondary N) is 1. The molecule has 1 aromatic carbocycles. The molecule has 0 aliphatic heterocycles. The fourth-order valence-electron chi connectivity index (χ4n) is 1.78. The van der Waals surface area contributed by atoms with Crippen LogP contribution in [0.5, 0.6) is 0 Å². The molecule has 3 N–H and O–H groups in total. The Kier molecular flexibility index (Phi) is 6.55. The molecule has 1 amide bonds.